The van der Waals surface area contributed by atoms with Gasteiger partial charge in [0.2, 0.25) is 0 Å². The Balaban J connectivity index is 2.21. The number of nitrogens with two attached hydrogens (primary N) is 2. The van der Waals surface area contributed by atoms with Crippen LogP contribution in [-0.4, -0.2) is 36.9 Å². The smallest absolute Gasteiger partial charge is 0.250 e. The maximum absolute atomic E-state index is 11.6. The van der Waals surface area contributed by atoms with Crippen LogP contribution < -0.4 is 16.8 Å². The van der Waals surface area contributed by atoms with E-state index in [4.69, 9.17) is 11.5 Å². The summed E-state index contributed by atoms with van der Waals surface area (Å²) in [5.74, 6) is -0.172. The molecule has 1 aromatic heterocycles. The quantitative estimate of drug-likeness (QED) is 0.702. The van der Waals surface area contributed by atoms with Gasteiger partial charge in [-0.2, -0.15) is 0 Å². The van der Waals surface area contributed by atoms with E-state index in [1.807, 2.05) is 0 Å². The fraction of sp³-hybridized carbons (Fsp3) is 0.455. The Morgan fingerprint density at radius 1 is 1.47 bits per heavy atom. The fourth-order valence-electron chi connectivity index (χ4n) is 2.15. The minimum absolute atomic E-state index is 0.0512. The van der Waals surface area contributed by atoms with Gasteiger partial charge in [0.15, 0.2) is 9.84 Å². The molecule has 1 aliphatic heterocycles. The summed E-state index contributed by atoms with van der Waals surface area (Å²) in [6.07, 6.45) is 2.73. The first kappa shape index (κ1) is 13.6. The van der Waals surface area contributed by atoms with Crippen LogP contribution in [-0.2, 0) is 9.84 Å². The molecule has 1 aromatic rings. The van der Waals surface area contributed by atoms with Crippen LogP contribution >= 0.6 is 0 Å². The zero-order valence-corrected chi connectivity index (χ0v) is 11.1. The number of pyridine rings is 1. The first-order chi connectivity index (χ1) is 8.87. The molecule has 2 heterocycles. The maximum Gasteiger partial charge on any atom is 0.250 e. The Kier molecular flexibility index (Phi) is 3.61. The van der Waals surface area contributed by atoms with Crippen molar-refractivity contribution in [2.45, 2.75) is 18.9 Å². The predicted molar refractivity (Wildman–Crippen MR) is 72.5 cm³/mol. The molecule has 0 aromatic carbocycles. The van der Waals surface area contributed by atoms with Gasteiger partial charge >= 0.3 is 0 Å². The van der Waals surface area contributed by atoms with Crippen molar-refractivity contribution in [3.63, 3.8) is 0 Å². The molecular formula is C11H16N4O3S. The number of hydrogen-bond donors (Lipinski definition) is 3. The lowest BCUT2D eigenvalue weighted by Gasteiger charge is -2.24. The SMILES string of the molecule is NC(=O)c1cc(N)ncc1NC1CCCS(=O)(=O)C1. The molecule has 2 rings (SSSR count). The molecule has 7 nitrogen and oxygen atoms in total. The van der Waals surface area contributed by atoms with Gasteiger partial charge in [0.05, 0.1) is 29.0 Å². The number of nitrogen functional groups attached to an aromatic ring is 1. The molecule has 0 saturated carbocycles. The van der Waals surface area contributed by atoms with E-state index in [-0.39, 0.29) is 28.9 Å². The van der Waals surface area contributed by atoms with E-state index in [0.29, 0.717) is 12.1 Å². The number of carbonyl (C=O) groups excluding carboxylic acids is 1. The largest absolute Gasteiger partial charge is 0.384 e. The zero-order chi connectivity index (χ0) is 14.0. The summed E-state index contributed by atoms with van der Waals surface area (Å²) in [7, 11) is -3.02. The van der Waals surface area contributed by atoms with Crippen molar-refractivity contribution in [3.8, 4) is 0 Å². The number of anilines is 2. The van der Waals surface area contributed by atoms with E-state index in [1.54, 1.807) is 0 Å². The number of primary amides is 1. The highest BCUT2D eigenvalue weighted by Gasteiger charge is 2.25. The predicted octanol–water partition coefficient (Wildman–Crippen LogP) is -0.248. The number of amides is 1. The summed E-state index contributed by atoms with van der Waals surface area (Å²) in [4.78, 5) is 15.2. The van der Waals surface area contributed by atoms with Gasteiger partial charge in [0.1, 0.15) is 5.82 Å². The molecule has 0 radical (unpaired) electrons. The Morgan fingerprint density at radius 3 is 2.84 bits per heavy atom. The molecular weight excluding hydrogens is 268 g/mol. The standard InChI is InChI=1S/C11H16N4O3S/c12-10-4-8(11(13)16)9(5-14-10)15-7-2-1-3-19(17,18)6-7/h4-5,7,15H,1-3,6H2,(H2,12,14)(H2,13,16). The Morgan fingerprint density at radius 2 is 2.21 bits per heavy atom. The summed E-state index contributed by atoms with van der Waals surface area (Å²) in [6, 6.07) is 1.14. The van der Waals surface area contributed by atoms with Crippen molar-refractivity contribution in [1.29, 1.82) is 0 Å². The van der Waals surface area contributed by atoms with Crippen LogP contribution in [0.1, 0.15) is 23.2 Å². The van der Waals surface area contributed by atoms with E-state index in [2.05, 4.69) is 10.3 Å². The lowest BCUT2D eigenvalue weighted by Crippen LogP contribution is -2.35. The van der Waals surface area contributed by atoms with Gasteiger partial charge in [-0.25, -0.2) is 13.4 Å². The highest BCUT2D eigenvalue weighted by molar-refractivity contribution is 7.91. The minimum atomic E-state index is -3.02. The summed E-state index contributed by atoms with van der Waals surface area (Å²) in [6.45, 7) is 0. The van der Waals surface area contributed by atoms with E-state index >= 15 is 0 Å². The van der Waals surface area contributed by atoms with Crippen molar-refractivity contribution >= 4 is 27.2 Å². The van der Waals surface area contributed by atoms with Gasteiger partial charge in [-0.05, 0) is 18.9 Å². The fourth-order valence-corrected chi connectivity index (χ4v) is 3.78. The average Bonchev–Trinajstić information content (AvgIpc) is 2.30. The molecule has 19 heavy (non-hydrogen) atoms. The van der Waals surface area contributed by atoms with Crippen LogP contribution in [0.2, 0.25) is 0 Å². The van der Waals surface area contributed by atoms with Crippen molar-refractivity contribution in [2.75, 3.05) is 22.6 Å². The second-order valence-corrected chi connectivity index (χ2v) is 6.85. The second-order valence-electron chi connectivity index (χ2n) is 4.62. The van der Waals surface area contributed by atoms with Crippen molar-refractivity contribution < 1.29 is 13.2 Å². The van der Waals surface area contributed by atoms with Gasteiger partial charge in [-0.3, -0.25) is 4.79 Å². The van der Waals surface area contributed by atoms with Gasteiger partial charge in [0, 0.05) is 6.04 Å². The van der Waals surface area contributed by atoms with E-state index in [1.165, 1.54) is 12.3 Å². The van der Waals surface area contributed by atoms with E-state index < -0.39 is 15.7 Å². The Bertz CT molecular complexity index is 600. The van der Waals surface area contributed by atoms with Gasteiger partial charge in [-0.1, -0.05) is 0 Å². The number of sulfone groups is 1. The third-order valence-corrected chi connectivity index (χ3v) is 4.83. The Hall–Kier alpha value is -1.83. The molecule has 0 spiro atoms. The average molecular weight is 284 g/mol. The first-order valence-electron chi connectivity index (χ1n) is 5.90. The number of rotatable bonds is 3. The van der Waals surface area contributed by atoms with Crippen molar-refractivity contribution in [1.82, 2.24) is 4.98 Å². The molecule has 5 N–H and O–H groups in total. The van der Waals surface area contributed by atoms with Crippen LogP contribution in [0.15, 0.2) is 12.3 Å². The first-order valence-corrected chi connectivity index (χ1v) is 7.72. The molecule has 1 saturated heterocycles. The zero-order valence-electron chi connectivity index (χ0n) is 10.3. The highest BCUT2D eigenvalue weighted by Crippen LogP contribution is 2.21. The lowest BCUT2D eigenvalue weighted by atomic mass is 10.1. The van der Waals surface area contributed by atoms with Crippen LogP contribution in [0.25, 0.3) is 0 Å². The van der Waals surface area contributed by atoms with E-state index in [9.17, 15) is 13.2 Å². The number of nitrogens with one attached hydrogen (secondary N) is 1. The van der Waals surface area contributed by atoms with Crippen LogP contribution in [0, 0.1) is 0 Å². The molecule has 8 heteroatoms. The molecule has 0 aliphatic carbocycles. The van der Waals surface area contributed by atoms with Gasteiger partial charge in [0.25, 0.3) is 5.91 Å². The van der Waals surface area contributed by atoms with Crippen LogP contribution in [0.3, 0.4) is 0 Å². The molecule has 1 fully saturated rings. The molecule has 1 aliphatic rings. The Labute approximate surface area is 111 Å². The topological polar surface area (TPSA) is 128 Å². The molecule has 104 valence electrons. The lowest BCUT2D eigenvalue weighted by molar-refractivity contribution is 0.100. The molecule has 1 unspecified atom stereocenters. The van der Waals surface area contributed by atoms with Gasteiger partial charge in [-0.15, -0.1) is 0 Å². The third-order valence-electron chi connectivity index (χ3n) is 3.01. The summed E-state index contributed by atoms with van der Waals surface area (Å²) in [5, 5.41) is 3.02. The number of hydrogen-bond acceptors (Lipinski definition) is 6. The summed E-state index contributed by atoms with van der Waals surface area (Å²) < 4.78 is 23.1. The van der Waals surface area contributed by atoms with Gasteiger partial charge < -0.3 is 16.8 Å². The van der Waals surface area contributed by atoms with Crippen molar-refractivity contribution in [3.05, 3.63) is 17.8 Å². The maximum atomic E-state index is 11.6. The number of nitrogens with zero attached hydrogens (tertiary/aromatic N) is 1. The molecule has 1 amide bonds. The molecule has 0 bridgehead atoms. The van der Waals surface area contributed by atoms with E-state index in [0.717, 1.165) is 6.42 Å². The summed E-state index contributed by atoms with van der Waals surface area (Å²) >= 11 is 0. The highest BCUT2D eigenvalue weighted by atomic mass is 32.2. The number of aromatic nitrogens is 1. The number of carbonyl (C=O) groups is 1. The van der Waals surface area contributed by atoms with Crippen LogP contribution in [0.5, 0.6) is 0 Å². The van der Waals surface area contributed by atoms with Crippen molar-refractivity contribution in [2.24, 2.45) is 5.73 Å². The monoisotopic (exact) mass is 284 g/mol. The minimum Gasteiger partial charge on any atom is -0.384 e. The normalized spacial score (nSPS) is 21.8. The molecule has 1 atom stereocenters. The third kappa shape index (κ3) is 3.34. The summed E-state index contributed by atoms with van der Waals surface area (Å²) in [5.41, 5.74) is 11.4. The second kappa shape index (κ2) is 5.04. The van der Waals surface area contributed by atoms with Crippen LogP contribution in [0.4, 0.5) is 11.5 Å².